The molecule has 1 aliphatic rings. The van der Waals surface area contributed by atoms with Gasteiger partial charge in [0.25, 0.3) is 11.8 Å². The number of thiazole rings is 1. The van der Waals surface area contributed by atoms with Crippen LogP contribution in [0.15, 0.2) is 45.6 Å². The second kappa shape index (κ2) is 8.64. The first kappa shape index (κ1) is 20.1. The van der Waals surface area contributed by atoms with E-state index in [-0.39, 0.29) is 11.8 Å². The summed E-state index contributed by atoms with van der Waals surface area (Å²) in [5.74, 6) is 0.522. The Hall–Kier alpha value is -2.23. The van der Waals surface area contributed by atoms with Crippen LogP contribution in [0.5, 0.6) is 5.75 Å². The average Bonchev–Trinajstić information content (AvgIpc) is 3.42. The quantitative estimate of drug-likeness (QED) is 0.547. The molecule has 1 aliphatic heterocycles. The third kappa shape index (κ3) is 4.36. The Kier molecular flexibility index (Phi) is 5.98. The summed E-state index contributed by atoms with van der Waals surface area (Å²) < 4.78 is 6.21. The molecule has 1 saturated heterocycles. The Morgan fingerprint density at radius 2 is 1.76 bits per heavy atom. The zero-order valence-electron chi connectivity index (χ0n) is 15.6. The molecular formula is C20H18BrN3O3S2. The lowest BCUT2D eigenvalue weighted by atomic mass is 10.1. The fourth-order valence-corrected chi connectivity index (χ4v) is 5.43. The summed E-state index contributed by atoms with van der Waals surface area (Å²) in [7, 11) is 1.58. The van der Waals surface area contributed by atoms with Crippen molar-refractivity contribution in [2.45, 2.75) is 0 Å². The summed E-state index contributed by atoms with van der Waals surface area (Å²) in [5.41, 5.74) is 1.05. The molecule has 3 aromatic rings. The average molecular weight is 492 g/mol. The Morgan fingerprint density at radius 1 is 1.03 bits per heavy atom. The van der Waals surface area contributed by atoms with Crippen LogP contribution in [0.4, 0.5) is 0 Å². The maximum atomic E-state index is 12.8. The molecule has 2 amide bonds. The fourth-order valence-electron chi connectivity index (χ4n) is 3.12. The van der Waals surface area contributed by atoms with Crippen molar-refractivity contribution in [1.82, 2.24) is 14.8 Å². The van der Waals surface area contributed by atoms with Gasteiger partial charge in [-0.1, -0.05) is 6.07 Å². The molecule has 0 aliphatic carbocycles. The van der Waals surface area contributed by atoms with Crippen LogP contribution in [0.25, 0.3) is 9.88 Å². The Balaban J connectivity index is 1.38. The summed E-state index contributed by atoms with van der Waals surface area (Å²) in [5, 5.41) is 4.64. The van der Waals surface area contributed by atoms with Gasteiger partial charge in [-0.15, -0.1) is 22.7 Å². The van der Waals surface area contributed by atoms with Crippen molar-refractivity contribution in [3.8, 4) is 15.6 Å². The van der Waals surface area contributed by atoms with Gasteiger partial charge in [-0.05, 0) is 40.2 Å². The van der Waals surface area contributed by atoms with Crippen molar-refractivity contribution in [3.63, 3.8) is 0 Å². The van der Waals surface area contributed by atoms with Crippen molar-refractivity contribution < 1.29 is 14.3 Å². The van der Waals surface area contributed by atoms with Gasteiger partial charge in [0.1, 0.15) is 16.5 Å². The van der Waals surface area contributed by atoms with Crippen molar-refractivity contribution in [3.05, 3.63) is 56.8 Å². The first-order chi connectivity index (χ1) is 14.0. The number of carbonyl (C=O) groups is 2. The number of carbonyl (C=O) groups excluding carboxylic acids is 2. The summed E-state index contributed by atoms with van der Waals surface area (Å²) in [6.07, 6.45) is 0. The lowest BCUT2D eigenvalue weighted by Gasteiger charge is -2.34. The highest BCUT2D eigenvalue weighted by Crippen LogP contribution is 2.32. The van der Waals surface area contributed by atoms with Crippen LogP contribution in [-0.4, -0.2) is 59.9 Å². The minimum Gasteiger partial charge on any atom is -0.497 e. The molecule has 9 heteroatoms. The van der Waals surface area contributed by atoms with Gasteiger partial charge in [-0.3, -0.25) is 9.59 Å². The van der Waals surface area contributed by atoms with Gasteiger partial charge in [0.15, 0.2) is 0 Å². The summed E-state index contributed by atoms with van der Waals surface area (Å²) in [6.45, 7) is 1.98. The van der Waals surface area contributed by atoms with Gasteiger partial charge in [0.05, 0.1) is 12.0 Å². The smallest absolute Gasteiger partial charge is 0.273 e. The van der Waals surface area contributed by atoms with E-state index < -0.39 is 0 Å². The number of amides is 2. The van der Waals surface area contributed by atoms with E-state index >= 15 is 0 Å². The van der Waals surface area contributed by atoms with E-state index in [1.807, 2.05) is 17.5 Å². The van der Waals surface area contributed by atoms with Gasteiger partial charge in [0, 0.05) is 47.0 Å². The van der Waals surface area contributed by atoms with Crippen LogP contribution in [0.3, 0.4) is 0 Å². The zero-order valence-corrected chi connectivity index (χ0v) is 18.8. The second-order valence-corrected chi connectivity index (χ2v) is 9.17. The molecule has 1 fully saturated rings. The van der Waals surface area contributed by atoms with E-state index in [0.717, 1.165) is 14.4 Å². The number of halogens is 1. The van der Waals surface area contributed by atoms with E-state index in [2.05, 4.69) is 20.9 Å². The maximum Gasteiger partial charge on any atom is 0.273 e. The van der Waals surface area contributed by atoms with Crippen LogP contribution in [0.2, 0.25) is 0 Å². The highest BCUT2D eigenvalue weighted by molar-refractivity contribution is 9.10. The third-order valence-corrected chi connectivity index (χ3v) is 7.37. The van der Waals surface area contributed by atoms with E-state index in [0.29, 0.717) is 43.2 Å². The molecule has 3 heterocycles. The van der Waals surface area contributed by atoms with E-state index in [9.17, 15) is 9.59 Å². The Labute approximate surface area is 184 Å². The zero-order chi connectivity index (χ0) is 20.4. The highest BCUT2D eigenvalue weighted by atomic mass is 79.9. The molecular weight excluding hydrogens is 474 g/mol. The summed E-state index contributed by atoms with van der Waals surface area (Å²) in [6, 6.07) is 9.13. The first-order valence-corrected chi connectivity index (χ1v) is 11.5. The number of nitrogens with zero attached hydrogens (tertiary/aromatic N) is 3. The monoisotopic (exact) mass is 491 g/mol. The third-order valence-electron chi connectivity index (χ3n) is 4.67. The molecule has 6 nitrogen and oxygen atoms in total. The summed E-state index contributed by atoms with van der Waals surface area (Å²) in [4.78, 5) is 34.6. The summed E-state index contributed by atoms with van der Waals surface area (Å²) >= 11 is 6.50. The second-order valence-electron chi connectivity index (χ2n) is 6.48. The number of thiophene rings is 1. The van der Waals surface area contributed by atoms with Gasteiger partial charge < -0.3 is 14.5 Å². The SMILES string of the molecule is COc1cccc(C(=O)N2CCN(C(=O)c3csc(-c4cc(Br)cs4)n3)CC2)c1. The van der Waals surface area contributed by atoms with Crippen LogP contribution >= 0.6 is 38.6 Å². The molecule has 0 radical (unpaired) electrons. The van der Waals surface area contributed by atoms with Gasteiger partial charge in [-0.25, -0.2) is 4.98 Å². The lowest BCUT2D eigenvalue weighted by Crippen LogP contribution is -2.50. The van der Waals surface area contributed by atoms with E-state index in [4.69, 9.17) is 4.74 Å². The number of aromatic nitrogens is 1. The molecule has 150 valence electrons. The number of piperazine rings is 1. The van der Waals surface area contributed by atoms with Crippen LogP contribution < -0.4 is 4.74 Å². The number of hydrogen-bond acceptors (Lipinski definition) is 6. The van der Waals surface area contributed by atoms with Crippen molar-refractivity contribution in [2.75, 3.05) is 33.3 Å². The Bertz CT molecular complexity index is 1040. The van der Waals surface area contributed by atoms with Crippen molar-refractivity contribution >= 4 is 50.4 Å². The minimum absolute atomic E-state index is 0.0461. The molecule has 29 heavy (non-hydrogen) atoms. The molecule has 2 aromatic heterocycles. The predicted molar refractivity (Wildman–Crippen MR) is 118 cm³/mol. The Morgan fingerprint density at radius 3 is 2.41 bits per heavy atom. The van der Waals surface area contributed by atoms with Crippen LogP contribution in [0.1, 0.15) is 20.8 Å². The molecule has 4 rings (SSSR count). The van der Waals surface area contributed by atoms with Crippen LogP contribution in [0, 0.1) is 0 Å². The van der Waals surface area contributed by atoms with E-state index in [1.165, 1.54) is 11.3 Å². The number of ether oxygens (including phenoxy) is 1. The topological polar surface area (TPSA) is 62.7 Å². The lowest BCUT2D eigenvalue weighted by molar-refractivity contribution is 0.0532. The van der Waals surface area contributed by atoms with Gasteiger partial charge >= 0.3 is 0 Å². The molecule has 0 atom stereocenters. The maximum absolute atomic E-state index is 12.8. The van der Waals surface area contributed by atoms with Crippen molar-refractivity contribution in [1.29, 1.82) is 0 Å². The van der Waals surface area contributed by atoms with Crippen LogP contribution in [-0.2, 0) is 0 Å². The standard InChI is InChI=1S/C20H18BrN3O3S2/c1-27-15-4-2-3-13(9-15)19(25)23-5-7-24(8-6-23)20(26)16-12-29-18(22-16)17-10-14(21)11-28-17/h2-4,9-12H,5-8H2,1H3. The normalized spacial score (nSPS) is 14.1. The number of rotatable bonds is 4. The van der Waals surface area contributed by atoms with Crippen molar-refractivity contribution in [2.24, 2.45) is 0 Å². The first-order valence-electron chi connectivity index (χ1n) is 8.97. The van der Waals surface area contributed by atoms with Gasteiger partial charge in [-0.2, -0.15) is 0 Å². The number of benzene rings is 1. The number of hydrogen-bond donors (Lipinski definition) is 0. The molecule has 1 aromatic carbocycles. The molecule has 0 unspecified atom stereocenters. The molecule has 0 N–H and O–H groups in total. The minimum atomic E-state index is -0.0865. The predicted octanol–water partition coefficient (Wildman–Crippen LogP) is 4.24. The largest absolute Gasteiger partial charge is 0.497 e. The van der Waals surface area contributed by atoms with Gasteiger partial charge in [0.2, 0.25) is 0 Å². The number of methoxy groups -OCH3 is 1. The molecule has 0 saturated carbocycles. The molecule has 0 spiro atoms. The van der Waals surface area contributed by atoms with E-state index in [1.54, 1.807) is 51.8 Å². The highest BCUT2D eigenvalue weighted by Gasteiger charge is 2.27. The fraction of sp³-hybridized carbons (Fsp3) is 0.250. The molecule has 0 bridgehead atoms.